The zero-order chi connectivity index (χ0) is 20.3. The van der Waals surface area contributed by atoms with Crippen molar-refractivity contribution in [2.45, 2.75) is 19.8 Å². The van der Waals surface area contributed by atoms with E-state index in [2.05, 4.69) is 5.32 Å². The number of para-hydroxylation sites is 1. The largest absolute Gasteiger partial charge is 0.483 e. The fourth-order valence-electron chi connectivity index (χ4n) is 2.79. The highest BCUT2D eigenvalue weighted by molar-refractivity contribution is 5.80. The van der Waals surface area contributed by atoms with Crippen molar-refractivity contribution in [1.82, 2.24) is 5.32 Å². The van der Waals surface area contributed by atoms with Crippen LogP contribution in [0.5, 0.6) is 5.75 Å². The number of hydrogen-bond donors (Lipinski definition) is 1. The van der Waals surface area contributed by atoms with Crippen LogP contribution in [0.15, 0.2) is 78.9 Å². The molecule has 0 fully saturated rings. The minimum absolute atomic E-state index is 0.148. The lowest BCUT2D eigenvalue weighted by Gasteiger charge is -2.10. The van der Waals surface area contributed by atoms with Crippen LogP contribution in [0.25, 0.3) is 0 Å². The maximum absolute atomic E-state index is 12.1. The Morgan fingerprint density at radius 2 is 1.52 bits per heavy atom. The van der Waals surface area contributed by atoms with Crippen LogP contribution < -0.4 is 10.1 Å². The number of carbonyl (C=O) groups excluding carboxylic acids is 2. The zero-order valence-electron chi connectivity index (χ0n) is 16.0. The molecule has 148 valence electrons. The molecule has 3 aromatic rings. The summed E-state index contributed by atoms with van der Waals surface area (Å²) < 4.78 is 11.2. The smallest absolute Gasteiger partial charge is 0.258 e. The van der Waals surface area contributed by atoms with E-state index in [-0.39, 0.29) is 12.5 Å². The number of ether oxygens (including phenoxy) is 2. The molecule has 0 saturated carbocycles. The van der Waals surface area contributed by atoms with Crippen LogP contribution in [0.2, 0.25) is 0 Å². The van der Waals surface area contributed by atoms with Crippen LogP contribution in [-0.4, -0.2) is 18.8 Å². The first-order chi connectivity index (χ1) is 14.2. The second kappa shape index (κ2) is 10.8. The van der Waals surface area contributed by atoms with Gasteiger partial charge in [-0.2, -0.15) is 0 Å². The Hall–Kier alpha value is -3.44. The molecular weight excluding hydrogens is 366 g/mol. The zero-order valence-corrected chi connectivity index (χ0v) is 16.0. The van der Waals surface area contributed by atoms with Crippen molar-refractivity contribution < 1.29 is 19.1 Å². The van der Waals surface area contributed by atoms with E-state index < -0.39 is 0 Å². The van der Waals surface area contributed by atoms with Gasteiger partial charge in [-0.05, 0) is 28.8 Å². The van der Waals surface area contributed by atoms with Gasteiger partial charge in [0.25, 0.3) is 5.91 Å². The fourth-order valence-corrected chi connectivity index (χ4v) is 2.79. The van der Waals surface area contributed by atoms with Gasteiger partial charge in [-0.15, -0.1) is 0 Å². The van der Waals surface area contributed by atoms with Crippen molar-refractivity contribution in [2.75, 3.05) is 6.61 Å². The summed E-state index contributed by atoms with van der Waals surface area (Å²) in [6.45, 7) is 1.30. The van der Waals surface area contributed by atoms with Gasteiger partial charge in [0.2, 0.25) is 0 Å². The number of carbonyl (C=O) groups is 2. The highest BCUT2D eigenvalue weighted by atomic mass is 16.5. The molecule has 0 heterocycles. The standard InChI is InChI=1S/C24H23NO4/c26-15-22-11-4-5-12-23(22)29-18-24(27)25-14-20-9-6-10-21(13-20)17-28-16-19-7-2-1-3-8-19/h1-13,15H,14,16-18H2,(H,25,27). The maximum Gasteiger partial charge on any atom is 0.258 e. The summed E-state index contributed by atoms with van der Waals surface area (Å²) in [5.41, 5.74) is 3.58. The summed E-state index contributed by atoms with van der Waals surface area (Å²) >= 11 is 0. The molecule has 0 aromatic heterocycles. The first kappa shape index (κ1) is 20.3. The number of benzene rings is 3. The van der Waals surface area contributed by atoms with Gasteiger partial charge in [0.1, 0.15) is 5.75 Å². The van der Waals surface area contributed by atoms with Crippen LogP contribution in [-0.2, 0) is 29.3 Å². The number of nitrogens with one attached hydrogen (secondary N) is 1. The van der Waals surface area contributed by atoms with E-state index in [1.165, 1.54) is 0 Å². The molecule has 0 radical (unpaired) electrons. The minimum atomic E-state index is -0.253. The molecule has 1 amide bonds. The molecule has 5 nitrogen and oxygen atoms in total. The summed E-state index contributed by atoms with van der Waals surface area (Å²) in [6, 6.07) is 24.7. The molecule has 29 heavy (non-hydrogen) atoms. The van der Waals surface area contributed by atoms with Gasteiger partial charge in [-0.1, -0.05) is 66.7 Å². The first-order valence-electron chi connectivity index (χ1n) is 9.38. The van der Waals surface area contributed by atoms with Gasteiger partial charge in [0, 0.05) is 6.54 Å². The van der Waals surface area contributed by atoms with Crippen molar-refractivity contribution in [3.63, 3.8) is 0 Å². The lowest BCUT2D eigenvalue weighted by Crippen LogP contribution is -2.28. The number of rotatable bonds is 10. The number of amides is 1. The Kier molecular flexibility index (Phi) is 7.55. The molecule has 0 aliphatic heterocycles. The van der Waals surface area contributed by atoms with Crippen LogP contribution in [0.4, 0.5) is 0 Å². The van der Waals surface area contributed by atoms with E-state index in [1.54, 1.807) is 24.3 Å². The van der Waals surface area contributed by atoms with E-state index in [4.69, 9.17) is 9.47 Å². The quantitative estimate of drug-likeness (QED) is 0.534. The average Bonchev–Trinajstić information content (AvgIpc) is 2.77. The third kappa shape index (κ3) is 6.59. The molecule has 0 bridgehead atoms. The van der Waals surface area contributed by atoms with E-state index in [0.29, 0.717) is 37.4 Å². The Labute approximate surface area is 170 Å². The second-order valence-corrected chi connectivity index (χ2v) is 6.52. The molecule has 0 aliphatic carbocycles. The van der Waals surface area contributed by atoms with Gasteiger partial charge in [0.05, 0.1) is 18.8 Å². The molecule has 0 aliphatic rings. The maximum atomic E-state index is 12.1. The SMILES string of the molecule is O=Cc1ccccc1OCC(=O)NCc1cccc(COCc2ccccc2)c1. The van der Waals surface area contributed by atoms with E-state index in [9.17, 15) is 9.59 Å². The van der Waals surface area contributed by atoms with E-state index in [0.717, 1.165) is 16.7 Å². The third-order valence-corrected chi connectivity index (χ3v) is 4.27. The molecule has 3 rings (SSSR count). The molecule has 3 aromatic carbocycles. The monoisotopic (exact) mass is 389 g/mol. The van der Waals surface area contributed by atoms with E-state index in [1.807, 2.05) is 54.6 Å². The molecule has 5 heteroatoms. The van der Waals surface area contributed by atoms with Gasteiger partial charge in [-0.25, -0.2) is 0 Å². The van der Waals surface area contributed by atoms with Gasteiger partial charge in [-0.3, -0.25) is 9.59 Å². The van der Waals surface area contributed by atoms with Crippen molar-refractivity contribution >= 4 is 12.2 Å². The predicted molar refractivity (Wildman–Crippen MR) is 111 cm³/mol. The van der Waals surface area contributed by atoms with Crippen LogP contribution >= 0.6 is 0 Å². The van der Waals surface area contributed by atoms with Crippen molar-refractivity contribution in [2.24, 2.45) is 0 Å². The fraction of sp³-hybridized carbons (Fsp3) is 0.167. The second-order valence-electron chi connectivity index (χ2n) is 6.52. The third-order valence-electron chi connectivity index (χ3n) is 4.27. The summed E-state index contributed by atoms with van der Waals surface area (Å²) in [5.74, 6) is 0.145. The minimum Gasteiger partial charge on any atom is -0.483 e. The molecule has 0 atom stereocenters. The van der Waals surface area contributed by atoms with Crippen LogP contribution in [0, 0.1) is 0 Å². The van der Waals surface area contributed by atoms with Crippen molar-refractivity contribution in [3.05, 3.63) is 101 Å². The number of aldehydes is 1. The van der Waals surface area contributed by atoms with Gasteiger partial charge < -0.3 is 14.8 Å². The topological polar surface area (TPSA) is 64.6 Å². The molecular formula is C24H23NO4. The molecule has 0 spiro atoms. The molecule has 1 N–H and O–H groups in total. The Morgan fingerprint density at radius 3 is 2.34 bits per heavy atom. The predicted octanol–water partition coefficient (Wildman–Crippen LogP) is 3.91. The number of hydrogen-bond acceptors (Lipinski definition) is 4. The van der Waals surface area contributed by atoms with Crippen molar-refractivity contribution in [1.29, 1.82) is 0 Å². The Morgan fingerprint density at radius 1 is 0.828 bits per heavy atom. The van der Waals surface area contributed by atoms with Crippen LogP contribution in [0.3, 0.4) is 0 Å². The Bertz CT molecular complexity index is 940. The summed E-state index contributed by atoms with van der Waals surface area (Å²) in [6.07, 6.45) is 0.707. The highest BCUT2D eigenvalue weighted by Crippen LogP contribution is 2.15. The van der Waals surface area contributed by atoms with E-state index >= 15 is 0 Å². The lowest BCUT2D eigenvalue weighted by atomic mass is 10.1. The van der Waals surface area contributed by atoms with Crippen LogP contribution in [0.1, 0.15) is 27.0 Å². The summed E-state index contributed by atoms with van der Waals surface area (Å²) in [7, 11) is 0. The first-order valence-corrected chi connectivity index (χ1v) is 9.38. The lowest BCUT2D eigenvalue weighted by molar-refractivity contribution is -0.123. The average molecular weight is 389 g/mol. The molecule has 0 saturated heterocycles. The van der Waals surface area contributed by atoms with Gasteiger partial charge >= 0.3 is 0 Å². The Balaban J connectivity index is 1.43. The van der Waals surface area contributed by atoms with Crippen molar-refractivity contribution in [3.8, 4) is 5.75 Å². The normalized spacial score (nSPS) is 10.3. The highest BCUT2D eigenvalue weighted by Gasteiger charge is 2.06. The summed E-state index contributed by atoms with van der Waals surface area (Å²) in [5, 5.41) is 2.82. The molecule has 0 unspecified atom stereocenters. The van der Waals surface area contributed by atoms with Gasteiger partial charge in [0.15, 0.2) is 12.9 Å². The summed E-state index contributed by atoms with van der Waals surface area (Å²) in [4.78, 5) is 23.0.